The van der Waals surface area contributed by atoms with Crippen molar-refractivity contribution >= 4 is 74.8 Å². The molecule has 2 aromatic carbocycles. The Labute approximate surface area is 189 Å². The molecule has 0 aromatic heterocycles. The second kappa shape index (κ2) is 8.19. The summed E-state index contributed by atoms with van der Waals surface area (Å²) in [6, 6.07) is 8.28. The van der Waals surface area contributed by atoms with Gasteiger partial charge in [-0.15, -0.1) is 0 Å². The Kier molecular flexibility index (Phi) is 6.08. The van der Waals surface area contributed by atoms with E-state index in [9.17, 15) is 14.4 Å². The lowest BCUT2D eigenvalue weighted by Crippen LogP contribution is -2.54. The average Bonchev–Trinajstić information content (AvgIpc) is 2.57. The lowest BCUT2D eigenvalue weighted by atomic mass is 10.1. The highest BCUT2D eigenvalue weighted by Crippen LogP contribution is 2.30. The SMILES string of the molecule is COc1c(I)cc(/C=C2\C(=O)NC(=O)N(c3cc(C)cc(C)c3)C2=O)cc1I. The third-order valence-corrected chi connectivity index (χ3v) is 5.70. The Bertz CT molecular complexity index is 1000. The van der Waals surface area contributed by atoms with Crippen molar-refractivity contribution in [3.05, 3.63) is 59.7 Å². The van der Waals surface area contributed by atoms with Crippen molar-refractivity contribution in [2.45, 2.75) is 13.8 Å². The van der Waals surface area contributed by atoms with Gasteiger partial charge in [0.15, 0.2) is 0 Å². The lowest BCUT2D eigenvalue weighted by Gasteiger charge is -2.27. The fraction of sp³-hybridized carbons (Fsp3) is 0.150. The van der Waals surface area contributed by atoms with Crippen molar-refractivity contribution in [1.29, 1.82) is 0 Å². The second-order valence-corrected chi connectivity index (χ2v) is 8.65. The number of urea groups is 1. The van der Waals surface area contributed by atoms with E-state index < -0.39 is 17.8 Å². The molecule has 1 aliphatic heterocycles. The number of hydrogen-bond donors (Lipinski definition) is 1. The van der Waals surface area contributed by atoms with Gasteiger partial charge in [0.1, 0.15) is 11.3 Å². The van der Waals surface area contributed by atoms with Crippen LogP contribution in [0.5, 0.6) is 5.75 Å². The van der Waals surface area contributed by atoms with E-state index in [4.69, 9.17) is 4.74 Å². The number of carbonyl (C=O) groups is 3. The third-order valence-electron chi connectivity index (χ3n) is 4.10. The lowest BCUT2D eigenvalue weighted by molar-refractivity contribution is -0.122. The van der Waals surface area contributed by atoms with Crippen LogP contribution < -0.4 is 15.0 Å². The predicted octanol–water partition coefficient (Wildman–Crippen LogP) is 4.19. The second-order valence-electron chi connectivity index (χ2n) is 6.32. The molecule has 0 spiro atoms. The number of barbiturate groups is 1. The van der Waals surface area contributed by atoms with Gasteiger partial charge in [-0.3, -0.25) is 14.9 Å². The third kappa shape index (κ3) is 4.07. The van der Waals surface area contributed by atoms with E-state index >= 15 is 0 Å². The number of nitrogens with zero attached hydrogens (tertiary/aromatic N) is 1. The molecule has 2 aromatic rings. The summed E-state index contributed by atoms with van der Waals surface area (Å²) in [5.74, 6) is -0.633. The smallest absolute Gasteiger partial charge is 0.335 e. The Balaban J connectivity index is 2.06. The largest absolute Gasteiger partial charge is 0.495 e. The Morgan fingerprint density at radius 2 is 1.54 bits per heavy atom. The summed E-state index contributed by atoms with van der Waals surface area (Å²) in [5.41, 5.74) is 2.82. The van der Waals surface area contributed by atoms with Gasteiger partial charge in [-0.2, -0.15) is 0 Å². The maximum Gasteiger partial charge on any atom is 0.335 e. The van der Waals surface area contributed by atoms with E-state index in [1.165, 1.54) is 6.08 Å². The number of amides is 4. The van der Waals surface area contributed by atoms with Gasteiger partial charge >= 0.3 is 6.03 Å². The van der Waals surface area contributed by atoms with Crippen LogP contribution in [0.2, 0.25) is 0 Å². The van der Waals surface area contributed by atoms with E-state index in [-0.39, 0.29) is 5.57 Å². The van der Waals surface area contributed by atoms with Crippen molar-refractivity contribution in [3.8, 4) is 5.75 Å². The molecule has 0 atom stereocenters. The zero-order valence-corrected chi connectivity index (χ0v) is 19.6. The number of halogens is 2. The summed E-state index contributed by atoms with van der Waals surface area (Å²) in [6.45, 7) is 3.76. The van der Waals surface area contributed by atoms with Crippen LogP contribution in [0.15, 0.2) is 35.9 Å². The van der Waals surface area contributed by atoms with E-state index in [1.54, 1.807) is 19.2 Å². The summed E-state index contributed by atoms with van der Waals surface area (Å²) in [4.78, 5) is 38.7. The minimum Gasteiger partial charge on any atom is -0.495 e. The number of rotatable bonds is 3. The first kappa shape index (κ1) is 20.8. The number of aryl methyl sites for hydroxylation is 2. The fourth-order valence-corrected chi connectivity index (χ4v) is 5.25. The minimum absolute atomic E-state index is 0.101. The highest BCUT2D eigenvalue weighted by Gasteiger charge is 2.37. The predicted molar refractivity (Wildman–Crippen MR) is 123 cm³/mol. The van der Waals surface area contributed by atoms with Crippen molar-refractivity contribution in [2.24, 2.45) is 0 Å². The number of nitrogens with one attached hydrogen (secondary N) is 1. The van der Waals surface area contributed by atoms with Gasteiger partial charge in [0.2, 0.25) is 0 Å². The number of benzene rings is 2. The molecule has 3 rings (SSSR count). The molecule has 0 saturated carbocycles. The normalized spacial score (nSPS) is 15.8. The molecule has 0 radical (unpaired) electrons. The van der Waals surface area contributed by atoms with E-state index in [1.807, 2.05) is 32.0 Å². The molecular weight excluding hydrogens is 586 g/mol. The zero-order chi connectivity index (χ0) is 20.6. The number of hydrogen-bond acceptors (Lipinski definition) is 4. The van der Waals surface area contributed by atoms with E-state index in [0.717, 1.165) is 28.9 Å². The summed E-state index contributed by atoms with van der Waals surface area (Å²) in [6.07, 6.45) is 1.49. The van der Waals surface area contributed by atoms with Crippen molar-refractivity contribution in [1.82, 2.24) is 5.32 Å². The number of imide groups is 2. The molecular formula is C20H16I2N2O4. The molecule has 1 saturated heterocycles. The summed E-state index contributed by atoms with van der Waals surface area (Å²) in [7, 11) is 1.59. The maximum absolute atomic E-state index is 13.0. The number of carbonyl (C=O) groups excluding carboxylic acids is 3. The minimum atomic E-state index is -0.754. The van der Waals surface area contributed by atoms with Crippen LogP contribution in [0.1, 0.15) is 16.7 Å². The number of ether oxygens (including phenoxy) is 1. The fourth-order valence-electron chi connectivity index (χ4n) is 3.00. The molecule has 1 N–H and O–H groups in total. The first-order valence-electron chi connectivity index (χ1n) is 8.24. The standard InChI is InChI=1S/C20H16I2N2O4/c1-10-4-11(2)6-13(5-10)24-19(26)14(18(25)23-20(24)27)7-12-8-15(21)17(28-3)16(22)9-12/h4-9H,1-3H3,(H,23,25,27)/b14-7+. The molecule has 1 heterocycles. The van der Waals surface area contributed by atoms with Gasteiger partial charge in [0, 0.05) is 0 Å². The number of anilines is 1. The van der Waals surface area contributed by atoms with Crippen molar-refractivity contribution in [2.75, 3.05) is 12.0 Å². The average molecular weight is 602 g/mol. The van der Waals surface area contributed by atoms with Gasteiger partial charge in [-0.25, -0.2) is 9.69 Å². The highest BCUT2D eigenvalue weighted by atomic mass is 127. The Morgan fingerprint density at radius 3 is 2.07 bits per heavy atom. The molecule has 28 heavy (non-hydrogen) atoms. The molecule has 8 heteroatoms. The van der Waals surface area contributed by atoms with Gasteiger partial charge in [-0.1, -0.05) is 6.07 Å². The molecule has 0 aliphatic carbocycles. The topological polar surface area (TPSA) is 75.7 Å². The molecule has 0 unspecified atom stereocenters. The first-order chi connectivity index (χ1) is 13.2. The molecule has 144 valence electrons. The maximum atomic E-state index is 13.0. The van der Waals surface area contributed by atoms with Crippen LogP contribution in [0.3, 0.4) is 0 Å². The molecule has 1 aliphatic rings. The Morgan fingerprint density at radius 1 is 0.964 bits per heavy atom. The summed E-state index contributed by atoms with van der Waals surface area (Å²) < 4.78 is 7.04. The van der Waals surface area contributed by atoms with Crippen LogP contribution in [0.25, 0.3) is 6.08 Å². The van der Waals surface area contributed by atoms with E-state index in [2.05, 4.69) is 50.5 Å². The Hall–Kier alpha value is -1.95. The van der Waals surface area contributed by atoms with Crippen LogP contribution in [0.4, 0.5) is 10.5 Å². The van der Waals surface area contributed by atoms with Gasteiger partial charge < -0.3 is 4.74 Å². The van der Waals surface area contributed by atoms with Crippen LogP contribution in [0, 0.1) is 21.0 Å². The van der Waals surface area contributed by atoms with E-state index in [0.29, 0.717) is 11.3 Å². The molecule has 0 bridgehead atoms. The van der Waals surface area contributed by atoms with Gasteiger partial charge in [0.05, 0.1) is 19.9 Å². The van der Waals surface area contributed by atoms with Crippen LogP contribution >= 0.6 is 45.2 Å². The first-order valence-corrected chi connectivity index (χ1v) is 10.4. The summed E-state index contributed by atoms with van der Waals surface area (Å²) >= 11 is 4.26. The van der Waals surface area contributed by atoms with Gasteiger partial charge in [-0.05, 0) is 106 Å². The van der Waals surface area contributed by atoms with Crippen LogP contribution in [-0.2, 0) is 9.59 Å². The highest BCUT2D eigenvalue weighted by molar-refractivity contribution is 14.1. The van der Waals surface area contributed by atoms with Crippen molar-refractivity contribution < 1.29 is 19.1 Å². The molecule has 4 amide bonds. The van der Waals surface area contributed by atoms with Crippen LogP contribution in [-0.4, -0.2) is 25.0 Å². The quantitative estimate of drug-likeness (QED) is 0.325. The monoisotopic (exact) mass is 602 g/mol. The van der Waals surface area contributed by atoms with Gasteiger partial charge in [0.25, 0.3) is 11.8 Å². The zero-order valence-electron chi connectivity index (χ0n) is 15.3. The van der Waals surface area contributed by atoms with Crippen molar-refractivity contribution in [3.63, 3.8) is 0 Å². The summed E-state index contributed by atoms with van der Waals surface area (Å²) in [5, 5.41) is 2.25. The molecule has 6 nitrogen and oxygen atoms in total. The number of methoxy groups -OCH3 is 1. The molecule has 1 fully saturated rings.